The zero-order valence-electron chi connectivity index (χ0n) is 7.31. The molecular formula is C8H19NO. The summed E-state index contributed by atoms with van der Waals surface area (Å²) < 4.78 is 4.91. The largest absolute Gasteiger partial charge is 0.370 e. The molecule has 0 aromatic heterocycles. The molecule has 1 atom stereocenters. The van der Waals surface area contributed by atoms with E-state index < -0.39 is 0 Å². The van der Waals surface area contributed by atoms with Crippen molar-refractivity contribution < 1.29 is 4.74 Å². The van der Waals surface area contributed by atoms with E-state index in [1.807, 2.05) is 0 Å². The van der Waals surface area contributed by atoms with Gasteiger partial charge in [-0.2, -0.15) is 0 Å². The molecule has 0 fully saturated rings. The Balaban J connectivity index is 3.21. The molecule has 1 unspecified atom stereocenters. The van der Waals surface area contributed by atoms with E-state index in [1.165, 1.54) is 19.3 Å². The molecule has 62 valence electrons. The van der Waals surface area contributed by atoms with Gasteiger partial charge in [-0.05, 0) is 12.8 Å². The Hall–Kier alpha value is -0.0800. The molecule has 0 aliphatic heterocycles. The molecule has 0 saturated heterocycles. The molecular weight excluding hydrogens is 126 g/mol. The van der Waals surface area contributed by atoms with Crippen LogP contribution in [0.1, 0.15) is 33.1 Å². The zero-order valence-corrected chi connectivity index (χ0v) is 7.31. The Morgan fingerprint density at radius 1 is 1.40 bits per heavy atom. The van der Waals surface area contributed by atoms with E-state index in [0.717, 1.165) is 0 Å². The van der Waals surface area contributed by atoms with Gasteiger partial charge in [-0.1, -0.05) is 20.3 Å². The van der Waals surface area contributed by atoms with Crippen LogP contribution in [0.25, 0.3) is 0 Å². The Bertz CT molecular complexity index is 66.3. The van der Waals surface area contributed by atoms with Crippen LogP contribution in [0.3, 0.4) is 0 Å². The van der Waals surface area contributed by atoms with E-state index in [-0.39, 0.29) is 0 Å². The van der Waals surface area contributed by atoms with Crippen LogP contribution in [0.2, 0.25) is 0 Å². The lowest BCUT2D eigenvalue weighted by Crippen LogP contribution is -2.29. The third kappa shape index (κ3) is 4.77. The minimum Gasteiger partial charge on any atom is -0.370 e. The number of rotatable bonds is 6. The van der Waals surface area contributed by atoms with Crippen molar-refractivity contribution >= 4 is 0 Å². The standard InChI is InChI=1S/C8H19NO/c1-4-6-8(5-2)9-7-10-3/h8-9H,4-7H2,1-3H3. The molecule has 0 aliphatic carbocycles. The lowest BCUT2D eigenvalue weighted by Gasteiger charge is -2.14. The fraction of sp³-hybridized carbons (Fsp3) is 1.00. The lowest BCUT2D eigenvalue weighted by atomic mass is 10.1. The Morgan fingerprint density at radius 2 is 2.10 bits per heavy atom. The Morgan fingerprint density at radius 3 is 2.50 bits per heavy atom. The second-order valence-corrected chi connectivity index (χ2v) is 2.53. The minimum absolute atomic E-state index is 0.643. The normalized spacial score (nSPS) is 13.5. The minimum atomic E-state index is 0.643. The van der Waals surface area contributed by atoms with Crippen molar-refractivity contribution in [1.29, 1.82) is 0 Å². The van der Waals surface area contributed by atoms with Crippen LogP contribution in [0, 0.1) is 0 Å². The van der Waals surface area contributed by atoms with Crippen molar-refractivity contribution in [3.05, 3.63) is 0 Å². The van der Waals surface area contributed by atoms with Gasteiger partial charge in [-0.3, -0.25) is 5.32 Å². The maximum atomic E-state index is 4.91. The highest BCUT2D eigenvalue weighted by Crippen LogP contribution is 1.99. The number of hydrogen-bond acceptors (Lipinski definition) is 2. The number of nitrogens with one attached hydrogen (secondary N) is 1. The molecule has 2 heteroatoms. The molecule has 0 saturated carbocycles. The number of methoxy groups -OCH3 is 1. The quantitative estimate of drug-likeness (QED) is 0.575. The fourth-order valence-corrected chi connectivity index (χ4v) is 1.00. The molecule has 0 aliphatic rings. The highest BCUT2D eigenvalue weighted by Gasteiger charge is 2.01. The van der Waals surface area contributed by atoms with Crippen LogP contribution in [-0.4, -0.2) is 19.9 Å². The predicted octanol–water partition coefficient (Wildman–Crippen LogP) is 1.76. The molecule has 0 bridgehead atoms. The summed E-state index contributed by atoms with van der Waals surface area (Å²) in [6, 6.07) is 0.643. The number of hydrogen-bond donors (Lipinski definition) is 1. The highest BCUT2D eigenvalue weighted by atomic mass is 16.5. The van der Waals surface area contributed by atoms with Gasteiger partial charge >= 0.3 is 0 Å². The molecule has 0 spiro atoms. The van der Waals surface area contributed by atoms with E-state index in [1.54, 1.807) is 7.11 Å². The van der Waals surface area contributed by atoms with Crippen LogP contribution < -0.4 is 5.32 Å². The summed E-state index contributed by atoms with van der Waals surface area (Å²) in [5, 5.41) is 3.30. The SMILES string of the molecule is CCCC(CC)NCOC. The summed E-state index contributed by atoms with van der Waals surface area (Å²) in [5.74, 6) is 0. The fourth-order valence-electron chi connectivity index (χ4n) is 1.00. The highest BCUT2D eigenvalue weighted by molar-refractivity contribution is 4.60. The first-order valence-corrected chi connectivity index (χ1v) is 4.07. The van der Waals surface area contributed by atoms with Gasteiger partial charge in [0.15, 0.2) is 0 Å². The first-order valence-electron chi connectivity index (χ1n) is 4.07. The maximum Gasteiger partial charge on any atom is 0.0963 e. The summed E-state index contributed by atoms with van der Waals surface area (Å²) in [4.78, 5) is 0. The average molecular weight is 145 g/mol. The van der Waals surface area contributed by atoms with Crippen LogP contribution in [0.4, 0.5) is 0 Å². The molecule has 0 heterocycles. The van der Waals surface area contributed by atoms with E-state index in [4.69, 9.17) is 4.74 Å². The van der Waals surface area contributed by atoms with Crippen molar-refractivity contribution in [2.45, 2.75) is 39.2 Å². The van der Waals surface area contributed by atoms with Crippen LogP contribution in [0.15, 0.2) is 0 Å². The molecule has 0 radical (unpaired) electrons. The monoisotopic (exact) mass is 145 g/mol. The van der Waals surface area contributed by atoms with Crippen LogP contribution >= 0.6 is 0 Å². The third-order valence-corrected chi connectivity index (χ3v) is 1.65. The van der Waals surface area contributed by atoms with Crippen LogP contribution in [0.5, 0.6) is 0 Å². The van der Waals surface area contributed by atoms with Gasteiger partial charge < -0.3 is 4.74 Å². The zero-order chi connectivity index (χ0) is 7.82. The van der Waals surface area contributed by atoms with Crippen molar-refractivity contribution in [3.63, 3.8) is 0 Å². The topological polar surface area (TPSA) is 21.3 Å². The molecule has 1 N–H and O–H groups in total. The summed E-state index contributed by atoms with van der Waals surface area (Å²) >= 11 is 0. The molecule has 0 amide bonds. The van der Waals surface area contributed by atoms with Gasteiger partial charge in [0.05, 0.1) is 6.73 Å². The predicted molar refractivity (Wildman–Crippen MR) is 44.0 cm³/mol. The second kappa shape index (κ2) is 7.03. The van der Waals surface area contributed by atoms with Gasteiger partial charge in [-0.15, -0.1) is 0 Å². The van der Waals surface area contributed by atoms with E-state index in [2.05, 4.69) is 19.2 Å². The van der Waals surface area contributed by atoms with E-state index >= 15 is 0 Å². The summed E-state index contributed by atoms with van der Waals surface area (Å²) in [5.41, 5.74) is 0. The van der Waals surface area contributed by atoms with Gasteiger partial charge in [0.2, 0.25) is 0 Å². The molecule has 0 aromatic rings. The van der Waals surface area contributed by atoms with Crippen molar-refractivity contribution in [3.8, 4) is 0 Å². The summed E-state index contributed by atoms with van der Waals surface area (Å²) in [6.45, 7) is 5.08. The maximum absolute atomic E-state index is 4.91. The van der Waals surface area contributed by atoms with Crippen molar-refractivity contribution in [1.82, 2.24) is 5.32 Å². The van der Waals surface area contributed by atoms with Gasteiger partial charge in [0.1, 0.15) is 0 Å². The smallest absolute Gasteiger partial charge is 0.0963 e. The van der Waals surface area contributed by atoms with E-state index in [0.29, 0.717) is 12.8 Å². The molecule has 0 aromatic carbocycles. The second-order valence-electron chi connectivity index (χ2n) is 2.53. The van der Waals surface area contributed by atoms with Crippen molar-refractivity contribution in [2.75, 3.05) is 13.8 Å². The molecule has 2 nitrogen and oxygen atoms in total. The average Bonchev–Trinajstić information content (AvgIpc) is 1.98. The van der Waals surface area contributed by atoms with Gasteiger partial charge in [-0.25, -0.2) is 0 Å². The van der Waals surface area contributed by atoms with Crippen molar-refractivity contribution in [2.24, 2.45) is 0 Å². The summed E-state index contributed by atoms with van der Waals surface area (Å²) in [6.07, 6.45) is 3.69. The Kier molecular flexibility index (Phi) is 6.98. The Labute approximate surface area is 64.0 Å². The van der Waals surface area contributed by atoms with E-state index in [9.17, 15) is 0 Å². The third-order valence-electron chi connectivity index (χ3n) is 1.65. The van der Waals surface area contributed by atoms with Gasteiger partial charge in [0.25, 0.3) is 0 Å². The lowest BCUT2D eigenvalue weighted by molar-refractivity contribution is 0.160. The number of ether oxygens (including phenoxy) is 1. The van der Waals surface area contributed by atoms with Gasteiger partial charge in [0, 0.05) is 13.2 Å². The van der Waals surface area contributed by atoms with Crippen LogP contribution in [-0.2, 0) is 4.74 Å². The molecule has 10 heavy (non-hydrogen) atoms. The first kappa shape index (κ1) is 9.92. The molecule has 0 rings (SSSR count). The summed E-state index contributed by atoms with van der Waals surface area (Å²) in [7, 11) is 1.71. The first-order chi connectivity index (χ1) is 4.85.